The summed E-state index contributed by atoms with van der Waals surface area (Å²) in [6, 6.07) is 0.853. The quantitative estimate of drug-likeness (QED) is 0.643. The Bertz CT molecular complexity index is 600. The molecule has 7 nitrogen and oxygen atoms in total. The summed E-state index contributed by atoms with van der Waals surface area (Å²) in [5, 5.41) is 0. The van der Waals surface area contributed by atoms with Crippen molar-refractivity contribution in [2.24, 2.45) is 5.73 Å². The Morgan fingerprint density at radius 2 is 2.09 bits per heavy atom. The van der Waals surface area contributed by atoms with Gasteiger partial charge >= 0.3 is 5.97 Å². The van der Waals surface area contributed by atoms with Crippen LogP contribution in [-0.2, 0) is 21.2 Å². The van der Waals surface area contributed by atoms with E-state index in [0.717, 1.165) is 12.8 Å². The summed E-state index contributed by atoms with van der Waals surface area (Å²) in [6.45, 7) is 3.98. The molecule has 1 aromatic rings. The van der Waals surface area contributed by atoms with Crippen molar-refractivity contribution >= 4 is 28.4 Å². The number of nitrogens with two attached hydrogens (primary N) is 1. The van der Waals surface area contributed by atoms with Gasteiger partial charge in [0.15, 0.2) is 0 Å². The van der Waals surface area contributed by atoms with Gasteiger partial charge in [-0.3, -0.25) is 0 Å². The second kappa shape index (κ2) is 9.92. The Labute approximate surface area is 143 Å². The van der Waals surface area contributed by atoms with Crippen molar-refractivity contribution in [3.8, 4) is 0 Å². The molecule has 0 saturated carbocycles. The van der Waals surface area contributed by atoms with Gasteiger partial charge in [-0.1, -0.05) is 26.7 Å². The van der Waals surface area contributed by atoms with E-state index in [9.17, 15) is 13.2 Å². The van der Waals surface area contributed by atoms with Crippen LogP contribution < -0.4 is 10.5 Å². The largest absolute Gasteiger partial charge is 0.463 e. The summed E-state index contributed by atoms with van der Waals surface area (Å²) in [5.41, 5.74) is 5.62. The molecule has 0 amide bonds. The van der Waals surface area contributed by atoms with E-state index in [-0.39, 0.29) is 41.4 Å². The number of ether oxygens (including phenoxy) is 1. The van der Waals surface area contributed by atoms with E-state index in [1.54, 1.807) is 6.92 Å². The van der Waals surface area contributed by atoms with E-state index in [1.807, 2.05) is 6.92 Å². The van der Waals surface area contributed by atoms with Crippen molar-refractivity contribution in [1.82, 2.24) is 4.72 Å². The van der Waals surface area contributed by atoms with Gasteiger partial charge in [0.05, 0.1) is 7.11 Å². The average Bonchev–Trinajstić information content (AvgIpc) is 2.95. The summed E-state index contributed by atoms with van der Waals surface area (Å²) in [7, 11) is -2.59. The maximum atomic E-state index is 12.5. The molecule has 1 aromatic heterocycles. The summed E-state index contributed by atoms with van der Waals surface area (Å²) in [6.07, 6.45) is 2.84. The van der Waals surface area contributed by atoms with E-state index in [0.29, 0.717) is 12.8 Å². The zero-order valence-corrected chi connectivity index (χ0v) is 15.3. The highest BCUT2D eigenvalue weighted by Crippen LogP contribution is 2.22. The molecule has 1 unspecified atom stereocenters. The fourth-order valence-corrected chi connectivity index (χ4v) is 3.57. The summed E-state index contributed by atoms with van der Waals surface area (Å²) < 4.78 is 37.4. The van der Waals surface area contributed by atoms with Gasteiger partial charge in [0.25, 0.3) is 0 Å². The highest BCUT2D eigenvalue weighted by molar-refractivity contribution is 7.89. The van der Waals surface area contributed by atoms with Crippen LogP contribution in [0.15, 0.2) is 15.4 Å². The molecule has 0 bridgehead atoms. The summed E-state index contributed by atoms with van der Waals surface area (Å²) >= 11 is 0. The topological polar surface area (TPSA) is 112 Å². The second-order valence-corrected chi connectivity index (χ2v) is 6.62. The van der Waals surface area contributed by atoms with Crippen LogP contribution in [0.5, 0.6) is 0 Å². The van der Waals surface area contributed by atoms with Crippen molar-refractivity contribution in [3.63, 3.8) is 0 Å². The number of nitrogens with one attached hydrogen (secondary N) is 1. The third-order valence-corrected chi connectivity index (χ3v) is 4.85. The number of esters is 1. The number of halogens is 1. The predicted molar refractivity (Wildman–Crippen MR) is 89.4 cm³/mol. The predicted octanol–water partition coefficient (Wildman–Crippen LogP) is 1.85. The number of methoxy groups -OCH3 is 1. The molecule has 0 radical (unpaired) electrons. The van der Waals surface area contributed by atoms with Crippen LogP contribution in [-0.4, -0.2) is 34.1 Å². The van der Waals surface area contributed by atoms with Gasteiger partial charge in [-0.25, -0.2) is 17.9 Å². The lowest BCUT2D eigenvalue weighted by Gasteiger charge is -2.16. The van der Waals surface area contributed by atoms with E-state index in [1.165, 1.54) is 13.2 Å². The number of carbonyl (C=O) groups is 1. The van der Waals surface area contributed by atoms with Crippen molar-refractivity contribution in [3.05, 3.63) is 17.6 Å². The molecule has 23 heavy (non-hydrogen) atoms. The van der Waals surface area contributed by atoms with Gasteiger partial charge < -0.3 is 14.9 Å². The molecule has 3 N–H and O–H groups in total. The van der Waals surface area contributed by atoms with E-state index in [2.05, 4.69) is 9.46 Å². The summed E-state index contributed by atoms with van der Waals surface area (Å²) in [4.78, 5) is 11.5. The number of carbonyl (C=O) groups excluding carboxylic acids is 1. The first-order chi connectivity index (χ1) is 10.4. The Kier molecular flexibility index (Phi) is 9.45. The van der Waals surface area contributed by atoms with E-state index in [4.69, 9.17) is 10.2 Å². The van der Waals surface area contributed by atoms with Gasteiger partial charge in [-0.05, 0) is 6.42 Å². The van der Waals surface area contributed by atoms with Crippen LogP contribution in [0.25, 0.3) is 0 Å². The van der Waals surface area contributed by atoms with Crippen molar-refractivity contribution in [2.75, 3.05) is 13.7 Å². The minimum atomic E-state index is -3.80. The molecule has 1 rings (SSSR count). The number of aryl methyl sites for hydroxylation is 1. The Hall–Kier alpha value is -1.09. The monoisotopic (exact) mass is 368 g/mol. The standard InChI is InChI=1S/C14H24N2O5S.ClH/c1-4-6-7-10(9-15)16-22(18,19)13-8-12(14(17)20-3)21-11(13)5-2;/h8,10,16H,4-7,9,15H2,1-3H3;1H. The van der Waals surface area contributed by atoms with Crippen LogP contribution in [0.2, 0.25) is 0 Å². The van der Waals surface area contributed by atoms with Gasteiger partial charge in [0.2, 0.25) is 15.8 Å². The molecule has 0 aliphatic rings. The molecule has 134 valence electrons. The lowest BCUT2D eigenvalue weighted by atomic mass is 10.1. The van der Waals surface area contributed by atoms with Crippen LogP contribution in [0.3, 0.4) is 0 Å². The molecule has 1 atom stereocenters. The molecular weight excluding hydrogens is 344 g/mol. The van der Waals surface area contributed by atoms with Crippen LogP contribution in [0.1, 0.15) is 49.4 Å². The molecule has 0 fully saturated rings. The highest BCUT2D eigenvalue weighted by Gasteiger charge is 2.27. The smallest absolute Gasteiger partial charge is 0.373 e. The number of unbranched alkanes of at least 4 members (excludes halogenated alkanes) is 1. The molecular formula is C14H25ClN2O5S. The Morgan fingerprint density at radius 1 is 1.43 bits per heavy atom. The molecule has 1 heterocycles. The number of rotatable bonds is 9. The Balaban J connectivity index is 0.00000484. The van der Waals surface area contributed by atoms with Crippen LogP contribution >= 0.6 is 12.4 Å². The number of sulfonamides is 1. The van der Waals surface area contributed by atoms with Crippen LogP contribution in [0, 0.1) is 0 Å². The maximum Gasteiger partial charge on any atom is 0.373 e. The van der Waals surface area contributed by atoms with Crippen molar-refractivity contribution < 1.29 is 22.4 Å². The van der Waals surface area contributed by atoms with Gasteiger partial charge in [0.1, 0.15) is 10.7 Å². The fraction of sp³-hybridized carbons (Fsp3) is 0.643. The zero-order valence-electron chi connectivity index (χ0n) is 13.6. The van der Waals surface area contributed by atoms with Crippen molar-refractivity contribution in [1.29, 1.82) is 0 Å². The third kappa shape index (κ3) is 5.80. The molecule has 0 aliphatic heterocycles. The lowest BCUT2D eigenvalue weighted by molar-refractivity contribution is 0.0563. The molecule has 0 aromatic carbocycles. The average molecular weight is 369 g/mol. The van der Waals surface area contributed by atoms with Crippen molar-refractivity contribution in [2.45, 2.75) is 50.5 Å². The Morgan fingerprint density at radius 3 is 2.57 bits per heavy atom. The molecule has 9 heteroatoms. The maximum absolute atomic E-state index is 12.5. The summed E-state index contributed by atoms with van der Waals surface area (Å²) in [5.74, 6) is -0.616. The normalized spacial score (nSPS) is 12.5. The fourth-order valence-electron chi connectivity index (χ4n) is 2.05. The molecule has 0 saturated heterocycles. The van der Waals surface area contributed by atoms with Crippen LogP contribution in [0.4, 0.5) is 0 Å². The minimum Gasteiger partial charge on any atom is -0.463 e. The zero-order chi connectivity index (χ0) is 16.8. The SMILES string of the molecule is CCCCC(CN)NS(=O)(=O)c1cc(C(=O)OC)oc1CC.Cl. The van der Waals surface area contributed by atoms with Gasteiger partial charge in [-0.2, -0.15) is 0 Å². The lowest BCUT2D eigenvalue weighted by Crippen LogP contribution is -2.40. The van der Waals surface area contributed by atoms with Gasteiger partial charge in [-0.15, -0.1) is 12.4 Å². The molecule has 0 aliphatic carbocycles. The first-order valence-electron chi connectivity index (χ1n) is 7.32. The van der Waals surface area contributed by atoms with E-state index >= 15 is 0 Å². The number of furan rings is 1. The van der Waals surface area contributed by atoms with E-state index < -0.39 is 16.0 Å². The third-order valence-electron chi connectivity index (χ3n) is 3.28. The minimum absolute atomic E-state index is 0. The first-order valence-corrected chi connectivity index (χ1v) is 8.81. The number of hydrogen-bond donors (Lipinski definition) is 2. The second-order valence-electron chi connectivity index (χ2n) is 4.94. The first kappa shape index (κ1) is 21.9. The number of hydrogen-bond acceptors (Lipinski definition) is 6. The highest BCUT2D eigenvalue weighted by atomic mass is 35.5. The molecule has 0 spiro atoms. The van der Waals surface area contributed by atoms with Gasteiger partial charge in [0, 0.05) is 25.1 Å².